The molecule has 5 atom stereocenters. The number of rotatable bonds is 4. The molecule has 2 aliphatic heterocycles. The van der Waals surface area contributed by atoms with Gasteiger partial charge in [0.1, 0.15) is 6.04 Å². The van der Waals surface area contributed by atoms with Crippen molar-refractivity contribution in [2.24, 2.45) is 23.7 Å². The number of hydrogen-bond donors (Lipinski definition) is 0. The molecule has 0 spiro atoms. The molecule has 0 radical (unpaired) electrons. The first-order valence-electron chi connectivity index (χ1n) is 10.5. The van der Waals surface area contributed by atoms with Crippen molar-refractivity contribution in [3.8, 4) is 0 Å². The summed E-state index contributed by atoms with van der Waals surface area (Å²) < 4.78 is 0. The molecule has 1 aromatic carbocycles. The number of hydrogen-bond acceptors (Lipinski definition) is 3. The van der Waals surface area contributed by atoms with Crippen molar-refractivity contribution in [2.45, 2.75) is 38.1 Å². The maximum atomic E-state index is 13.4. The lowest BCUT2D eigenvalue weighted by Crippen LogP contribution is -2.53. The van der Waals surface area contributed by atoms with Crippen LogP contribution in [0.4, 0.5) is 0 Å². The summed E-state index contributed by atoms with van der Waals surface area (Å²) in [6.07, 6.45) is 8.61. The summed E-state index contributed by atoms with van der Waals surface area (Å²) in [6.45, 7) is 1.44. The van der Waals surface area contributed by atoms with Crippen molar-refractivity contribution in [3.05, 3.63) is 48.0 Å². The monoisotopic (exact) mass is 378 g/mol. The second-order valence-corrected chi connectivity index (χ2v) is 8.64. The number of allylic oxidation sites excluding steroid dienone is 2. The maximum absolute atomic E-state index is 13.4. The van der Waals surface area contributed by atoms with Crippen LogP contribution in [0.2, 0.25) is 0 Å². The zero-order chi connectivity index (χ0) is 19.3. The molecule has 4 aliphatic rings. The number of fused-ring (bicyclic) bond motifs is 5. The van der Waals surface area contributed by atoms with E-state index in [9.17, 15) is 14.4 Å². The summed E-state index contributed by atoms with van der Waals surface area (Å²) in [7, 11) is 0. The van der Waals surface area contributed by atoms with Crippen LogP contribution in [0.1, 0.15) is 31.2 Å². The van der Waals surface area contributed by atoms with Gasteiger partial charge in [-0.2, -0.15) is 0 Å². The topological polar surface area (TPSA) is 57.7 Å². The fourth-order valence-corrected chi connectivity index (χ4v) is 5.68. The molecular formula is C23H26N2O3. The van der Waals surface area contributed by atoms with Gasteiger partial charge >= 0.3 is 0 Å². The molecule has 2 bridgehead atoms. The van der Waals surface area contributed by atoms with Crippen LogP contribution in [0, 0.1) is 23.7 Å². The number of carbonyl (C=O) groups is 3. The van der Waals surface area contributed by atoms with Crippen LogP contribution in [-0.4, -0.2) is 46.7 Å². The quantitative estimate of drug-likeness (QED) is 0.597. The van der Waals surface area contributed by atoms with Crippen molar-refractivity contribution in [3.63, 3.8) is 0 Å². The molecule has 3 fully saturated rings. The van der Waals surface area contributed by atoms with Crippen molar-refractivity contribution in [1.29, 1.82) is 0 Å². The lowest BCUT2D eigenvalue weighted by atomic mass is 9.85. The predicted octanol–water partition coefficient (Wildman–Crippen LogP) is 2.42. The Kier molecular flexibility index (Phi) is 4.33. The van der Waals surface area contributed by atoms with Gasteiger partial charge in [-0.25, -0.2) is 0 Å². The summed E-state index contributed by atoms with van der Waals surface area (Å²) in [5, 5.41) is 0. The van der Waals surface area contributed by atoms with E-state index in [2.05, 4.69) is 12.2 Å². The molecule has 5 nitrogen and oxygen atoms in total. The second-order valence-electron chi connectivity index (χ2n) is 8.64. The van der Waals surface area contributed by atoms with Crippen LogP contribution in [0.15, 0.2) is 42.5 Å². The van der Waals surface area contributed by atoms with Gasteiger partial charge in [0.15, 0.2) is 0 Å². The average molecular weight is 378 g/mol. The highest BCUT2D eigenvalue weighted by Crippen LogP contribution is 2.53. The molecule has 0 unspecified atom stereocenters. The zero-order valence-corrected chi connectivity index (χ0v) is 16.0. The second kappa shape index (κ2) is 6.87. The van der Waals surface area contributed by atoms with E-state index in [0.717, 1.165) is 44.3 Å². The van der Waals surface area contributed by atoms with Crippen LogP contribution in [0.25, 0.3) is 0 Å². The molecule has 0 N–H and O–H groups in total. The van der Waals surface area contributed by atoms with Gasteiger partial charge in [0.25, 0.3) is 0 Å². The van der Waals surface area contributed by atoms with E-state index in [1.54, 1.807) is 0 Å². The minimum Gasteiger partial charge on any atom is -0.341 e. The molecule has 2 aliphatic carbocycles. The highest BCUT2D eigenvalue weighted by Gasteiger charge is 2.61. The van der Waals surface area contributed by atoms with Crippen LogP contribution in [-0.2, 0) is 20.8 Å². The first-order chi connectivity index (χ1) is 13.6. The molecule has 3 amide bonds. The van der Waals surface area contributed by atoms with E-state index in [1.165, 1.54) is 4.90 Å². The van der Waals surface area contributed by atoms with E-state index in [-0.39, 0.29) is 41.4 Å². The highest BCUT2D eigenvalue weighted by atomic mass is 16.2. The molecule has 5 rings (SSSR count). The number of piperidine rings is 1. The molecule has 0 aromatic heterocycles. The Morgan fingerprint density at radius 2 is 1.54 bits per heavy atom. The Bertz CT molecular complexity index is 798. The normalized spacial score (nSPS) is 32.1. The van der Waals surface area contributed by atoms with E-state index in [4.69, 9.17) is 0 Å². The first kappa shape index (κ1) is 17.7. The molecule has 1 saturated carbocycles. The number of nitrogens with zero attached hydrogens (tertiary/aromatic N) is 2. The van der Waals surface area contributed by atoms with Crippen LogP contribution >= 0.6 is 0 Å². The lowest BCUT2D eigenvalue weighted by Gasteiger charge is -2.34. The van der Waals surface area contributed by atoms with Gasteiger partial charge in [-0.1, -0.05) is 42.5 Å². The Morgan fingerprint density at radius 3 is 2.14 bits per heavy atom. The van der Waals surface area contributed by atoms with Crippen LogP contribution in [0.5, 0.6) is 0 Å². The Balaban J connectivity index is 1.46. The van der Waals surface area contributed by atoms with Crippen molar-refractivity contribution in [1.82, 2.24) is 9.80 Å². The number of amides is 3. The smallest absolute Gasteiger partial charge is 0.246 e. The maximum Gasteiger partial charge on any atom is 0.246 e. The van der Waals surface area contributed by atoms with Gasteiger partial charge in [0.2, 0.25) is 17.7 Å². The number of imide groups is 1. The Hall–Kier alpha value is -2.43. The molecule has 5 heteroatoms. The van der Waals surface area contributed by atoms with Crippen LogP contribution in [0.3, 0.4) is 0 Å². The van der Waals surface area contributed by atoms with Gasteiger partial charge < -0.3 is 4.90 Å². The third-order valence-electron chi connectivity index (χ3n) is 7.04. The summed E-state index contributed by atoms with van der Waals surface area (Å²) in [5.74, 6) is -0.496. The SMILES string of the molecule is O=C([C@H](Cc1ccccc1)N1C(=O)[C@H]2[C@H](C1=O)[C@H]1C=C[C@H]2C1)N1CCCCC1. The molecule has 1 aromatic rings. The standard InChI is InChI=1S/C23H26N2O3/c26-21(24-11-5-2-6-12-24)18(13-15-7-3-1-4-8-15)25-22(27)19-16-9-10-17(14-16)20(19)23(25)28/h1,3-4,7-10,16-20H,2,5-6,11-14H2/t16-,17-,18-,19+,20+/m0/s1. The van der Waals surface area contributed by atoms with E-state index in [0.29, 0.717) is 6.42 Å². The molecule has 2 heterocycles. The van der Waals surface area contributed by atoms with Crippen LogP contribution < -0.4 is 0 Å². The molecule has 28 heavy (non-hydrogen) atoms. The van der Waals surface area contributed by atoms with Gasteiger partial charge in [-0.15, -0.1) is 0 Å². The van der Waals surface area contributed by atoms with E-state index < -0.39 is 6.04 Å². The average Bonchev–Trinajstić information content (AvgIpc) is 3.41. The third kappa shape index (κ3) is 2.71. The summed E-state index contributed by atoms with van der Waals surface area (Å²) >= 11 is 0. The minimum atomic E-state index is -0.717. The number of benzene rings is 1. The van der Waals surface area contributed by atoms with Gasteiger partial charge in [0, 0.05) is 19.5 Å². The number of likely N-dealkylation sites (tertiary alicyclic amines) is 2. The summed E-state index contributed by atoms with van der Waals surface area (Å²) in [5.41, 5.74) is 0.983. The fraction of sp³-hybridized carbons (Fsp3) is 0.522. The van der Waals surface area contributed by atoms with Crippen molar-refractivity contribution >= 4 is 17.7 Å². The molecule has 2 saturated heterocycles. The van der Waals surface area contributed by atoms with E-state index >= 15 is 0 Å². The van der Waals surface area contributed by atoms with Gasteiger partial charge in [-0.05, 0) is 43.1 Å². The third-order valence-corrected chi connectivity index (χ3v) is 7.04. The van der Waals surface area contributed by atoms with E-state index in [1.807, 2.05) is 35.2 Å². The van der Waals surface area contributed by atoms with Gasteiger partial charge in [-0.3, -0.25) is 19.3 Å². The summed E-state index contributed by atoms with van der Waals surface area (Å²) in [6, 6.07) is 9.02. The molecule has 146 valence electrons. The van der Waals surface area contributed by atoms with Crippen molar-refractivity contribution < 1.29 is 14.4 Å². The lowest BCUT2D eigenvalue weighted by molar-refractivity contribution is -0.152. The number of carbonyl (C=O) groups excluding carboxylic acids is 3. The zero-order valence-electron chi connectivity index (χ0n) is 16.0. The Labute approximate surface area is 165 Å². The fourth-order valence-electron chi connectivity index (χ4n) is 5.68. The van der Waals surface area contributed by atoms with Crippen molar-refractivity contribution in [2.75, 3.05) is 13.1 Å². The largest absolute Gasteiger partial charge is 0.341 e. The summed E-state index contributed by atoms with van der Waals surface area (Å²) in [4.78, 5) is 43.3. The predicted molar refractivity (Wildman–Crippen MR) is 104 cm³/mol. The molecular weight excluding hydrogens is 352 g/mol. The van der Waals surface area contributed by atoms with Gasteiger partial charge in [0.05, 0.1) is 11.8 Å². The first-order valence-corrected chi connectivity index (χ1v) is 10.5. The minimum absolute atomic E-state index is 0.0643. The highest BCUT2D eigenvalue weighted by molar-refractivity contribution is 6.09. The Morgan fingerprint density at radius 1 is 0.929 bits per heavy atom.